The highest BCUT2D eigenvalue weighted by Crippen LogP contribution is 2.27. The van der Waals surface area contributed by atoms with Crippen LogP contribution in [0.3, 0.4) is 0 Å². The Bertz CT molecular complexity index is 1290. The first-order valence-electron chi connectivity index (χ1n) is 11.1. The fraction of sp³-hybridized carbons (Fsp3) is 0.143. The molecular weight excluding hydrogens is 428 g/mol. The van der Waals surface area contributed by atoms with E-state index in [1.807, 2.05) is 83.4 Å². The summed E-state index contributed by atoms with van der Waals surface area (Å²) >= 11 is 0. The van der Waals surface area contributed by atoms with Crippen LogP contribution >= 0.6 is 0 Å². The number of hydrogen-bond acceptors (Lipinski definition) is 3. The van der Waals surface area contributed by atoms with E-state index in [1.165, 1.54) is 11.6 Å². The van der Waals surface area contributed by atoms with Crippen molar-refractivity contribution in [1.82, 2.24) is 9.88 Å². The normalized spacial score (nSPS) is 11.1. The molecule has 6 heteroatoms. The van der Waals surface area contributed by atoms with Crippen molar-refractivity contribution in [3.63, 3.8) is 0 Å². The Kier molecular flexibility index (Phi) is 7.40. The molecule has 0 saturated heterocycles. The van der Waals surface area contributed by atoms with Crippen LogP contribution in [0, 0.1) is 0 Å². The summed E-state index contributed by atoms with van der Waals surface area (Å²) in [5, 5.41) is 12.8. The number of nitrogens with zero attached hydrogens (tertiary/aromatic N) is 1. The topological polar surface area (TPSA) is 80.6 Å². The Morgan fingerprint density at radius 1 is 0.941 bits per heavy atom. The van der Waals surface area contributed by atoms with Crippen molar-refractivity contribution in [2.75, 3.05) is 6.54 Å². The van der Waals surface area contributed by atoms with E-state index in [4.69, 9.17) is 9.84 Å². The average Bonchev–Trinajstić information content (AvgIpc) is 3.19. The van der Waals surface area contributed by atoms with E-state index in [9.17, 15) is 9.59 Å². The number of carbonyl (C=O) groups excluding carboxylic acids is 1. The molecule has 6 nitrogen and oxygen atoms in total. The number of hydrogen-bond donors (Lipinski definition) is 2. The Morgan fingerprint density at radius 2 is 1.65 bits per heavy atom. The minimum Gasteiger partial charge on any atom is -0.489 e. The lowest BCUT2D eigenvalue weighted by Gasteiger charge is -2.09. The molecule has 2 N–H and O–H groups in total. The quantitative estimate of drug-likeness (QED) is 0.341. The van der Waals surface area contributed by atoms with Crippen molar-refractivity contribution < 1.29 is 19.4 Å². The Morgan fingerprint density at radius 3 is 2.35 bits per heavy atom. The number of ether oxygens (including phenoxy) is 1. The number of benzene rings is 3. The zero-order valence-corrected chi connectivity index (χ0v) is 18.7. The minimum atomic E-state index is -1.03. The fourth-order valence-electron chi connectivity index (χ4n) is 3.76. The zero-order chi connectivity index (χ0) is 23.8. The molecule has 4 rings (SSSR count). The predicted molar refractivity (Wildman–Crippen MR) is 133 cm³/mol. The van der Waals surface area contributed by atoms with Crippen molar-refractivity contribution in [3.05, 3.63) is 108 Å². The molecule has 0 fully saturated rings. The van der Waals surface area contributed by atoms with Gasteiger partial charge < -0.3 is 19.7 Å². The van der Waals surface area contributed by atoms with Gasteiger partial charge in [-0.1, -0.05) is 60.7 Å². The van der Waals surface area contributed by atoms with Gasteiger partial charge in [-0.15, -0.1) is 0 Å². The lowest BCUT2D eigenvalue weighted by molar-refractivity contribution is -0.131. The third-order valence-electron chi connectivity index (χ3n) is 5.43. The van der Waals surface area contributed by atoms with Crippen LogP contribution < -0.4 is 10.1 Å². The molecule has 1 amide bonds. The number of carbonyl (C=O) groups is 2. The fourth-order valence-corrected chi connectivity index (χ4v) is 3.76. The number of carboxylic acid groups (broad SMARTS) is 1. The molecule has 0 bridgehead atoms. The van der Waals surface area contributed by atoms with Crippen molar-refractivity contribution in [2.45, 2.75) is 19.6 Å². The molecule has 1 aromatic heterocycles. The SMILES string of the molecule is O=C(O)C=Cc1cn(CC(=O)NCCc2ccccc2)c2ccc(OCc3ccccc3)cc12. The molecule has 172 valence electrons. The van der Waals surface area contributed by atoms with Crippen LogP contribution in [0.5, 0.6) is 5.75 Å². The first-order valence-corrected chi connectivity index (χ1v) is 11.1. The Hall–Kier alpha value is -4.32. The van der Waals surface area contributed by atoms with Gasteiger partial charge in [-0.3, -0.25) is 4.79 Å². The molecule has 0 spiro atoms. The summed E-state index contributed by atoms with van der Waals surface area (Å²) in [6, 6.07) is 25.5. The molecule has 0 atom stereocenters. The lowest BCUT2D eigenvalue weighted by atomic mass is 10.1. The number of nitrogens with one attached hydrogen (secondary N) is 1. The Labute approximate surface area is 198 Å². The highest BCUT2D eigenvalue weighted by atomic mass is 16.5. The maximum Gasteiger partial charge on any atom is 0.328 e. The second-order valence-corrected chi connectivity index (χ2v) is 7.92. The minimum absolute atomic E-state index is 0.106. The van der Waals surface area contributed by atoms with Crippen molar-refractivity contribution >= 4 is 28.9 Å². The maximum absolute atomic E-state index is 12.6. The number of carboxylic acids is 1. The number of aliphatic carboxylic acids is 1. The number of aromatic nitrogens is 1. The van der Waals surface area contributed by atoms with Gasteiger partial charge in [-0.05, 0) is 41.8 Å². The van der Waals surface area contributed by atoms with Gasteiger partial charge in [0.15, 0.2) is 0 Å². The van der Waals surface area contributed by atoms with Crippen LogP contribution in [0.4, 0.5) is 0 Å². The van der Waals surface area contributed by atoms with Gasteiger partial charge in [0.25, 0.3) is 0 Å². The molecular formula is C28H26N2O4. The summed E-state index contributed by atoms with van der Waals surface area (Å²) in [6.45, 7) is 1.11. The van der Waals surface area contributed by atoms with Crippen LogP contribution in [0.1, 0.15) is 16.7 Å². The summed E-state index contributed by atoms with van der Waals surface area (Å²) in [4.78, 5) is 23.7. The Balaban J connectivity index is 1.49. The van der Waals surface area contributed by atoms with Crippen molar-refractivity contribution in [1.29, 1.82) is 0 Å². The van der Waals surface area contributed by atoms with E-state index in [2.05, 4.69) is 5.32 Å². The second-order valence-electron chi connectivity index (χ2n) is 7.92. The highest BCUT2D eigenvalue weighted by Gasteiger charge is 2.12. The van der Waals surface area contributed by atoms with Crippen LogP contribution in [0.15, 0.2) is 91.1 Å². The third kappa shape index (κ3) is 6.13. The van der Waals surface area contributed by atoms with Gasteiger partial charge in [0.1, 0.15) is 18.9 Å². The first-order chi connectivity index (χ1) is 16.6. The average molecular weight is 455 g/mol. The van der Waals surface area contributed by atoms with E-state index in [1.54, 1.807) is 6.20 Å². The summed E-state index contributed by atoms with van der Waals surface area (Å²) in [5.74, 6) is -0.464. The molecule has 1 heterocycles. The molecule has 34 heavy (non-hydrogen) atoms. The van der Waals surface area contributed by atoms with Crippen molar-refractivity contribution in [2.24, 2.45) is 0 Å². The van der Waals surface area contributed by atoms with Crippen LogP contribution in [-0.2, 0) is 29.2 Å². The van der Waals surface area contributed by atoms with E-state index >= 15 is 0 Å². The van der Waals surface area contributed by atoms with Gasteiger partial charge in [0.05, 0.1) is 0 Å². The summed E-state index contributed by atoms with van der Waals surface area (Å²) in [5.41, 5.74) is 3.76. The molecule has 0 aliphatic carbocycles. The third-order valence-corrected chi connectivity index (χ3v) is 5.43. The zero-order valence-electron chi connectivity index (χ0n) is 18.7. The largest absolute Gasteiger partial charge is 0.489 e. The predicted octanol–water partition coefficient (Wildman–Crippen LogP) is 4.68. The summed E-state index contributed by atoms with van der Waals surface area (Å²) in [6.07, 6.45) is 5.18. The number of amides is 1. The van der Waals surface area contributed by atoms with Gasteiger partial charge in [0.2, 0.25) is 5.91 Å². The molecule has 0 aliphatic rings. The van der Waals surface area contributed by atoms with E-state index in [-0.39, 0.29) is 12.5 Å². The summed E-state index contributed by atoms with van der Waals surface area (Å²) in [7, 11) is 0. The second kappa shape index (κ2) is 11.0. The van der Waals surface area contributed by atoms with Gasteiger partial charge >= 0.3 is 5.97 Å². The van der Waals surface area contributed by atoms with Crippen LogP contribution in [-0.4, -0.2) is 28.1 Å². The molecule has 0 aliphatic heterocycles. The molecule has 4 aromatic rings. The van der Waals surface area contributed by atoms with Crippen molar-refractivity contribution in [3.8, 4) is 5.75 Å². The van der Waals surface area contributed by atoms with E-state index in [0.29, 0.717) is 24.5 Å². The van der Waals surface area contributed by atoms with Gasteiger partial charge in [0, 0.05) is 35.3 Å². The maximum atomic E-state index is 12.6. The monoisotopic (exact) mass is 454 g/mol. The summed E-state index contributed by atoms with van der Waals surface area (Å²) < 4.78 is 7.77. The van der Waals surface area contributed by atoms with E-state index < -0.39 is 5.97 Å². The van der Waals surface area contributed by atoms with Gasteiger partial charge in [-0.25, -0.2) is 4.79 Å². The molecule has 0 saturated carbocycles. The number of rotatable bonds is 10. The van der Waals surface area contributed by atoms with E-state index in [0.717, 1.165) is 29.0 Å². The van der Waals surface area contributed by atoms with Crippen LogP contribution in [0.25, 0.3) is 17.0 Å². The highest BCUT2D eigenvalue weighted by molar-refractivity contribution is 5.95. The smallest absolute Gasteiger partial charge is 0.328 e. The lowest BCUT2D eigenvalue weighted by Crippen LogP contribution is -2.29. The molecule has 0 unspecified atom stereocenters. The molecule has 3 aromatic carbocycles. The van der Waals surface area contributed by atoms with Gasteiger partial charge in [-0.2, -0.15) is 0 Å². The molecule has 0 radical (unpaired) electrons. The standard InChI is InChI=1S/C28H26N2O4/c31-27(29-16-15-21-7-3-1-4-8-21)19-30-18-23(11-14-28(32)33)25-17-24(12-13-26(25)30)34-20-22-9-5-2-6-10-22/h1-14,17-18H,15-16,19-20H2,(H,29,31)(H,32,33). The van der Waals surface area contributed by atoms with Crippen LogP contribution in [0.2, 0.25) is 0 Å². The first kappa shape index (κ1) is 22.9. The number of fused-ring (bicyclic) bond motifs is 1.